The van der Waals surface area contributed by atoms with Gasteiger partial charge in [-0.2, -0.15) is 10.2 Å². The van der Waals surface area contributed by atoms with Crippen LogP contribution in [0.5, 0.6) is 11.5 Å². The Kier molecular flexibility index (Phi) is 7.43. The molecule has 182 valence electrons. The maximum Gasteiger partial charge on any atom is 0.120 e. The number of phenols is 1. The molecule has 0 fully saturated rings. The first-order valence-electron chi connectivity index (χ1n) is 11.7. The van der Waals surface area contributed by atoms with E-state index in [0.717, 1.165) is 46.2 Å². The molecule has 3 aromatic carbocycles. The van der Waals surface area contributed by atoms with E-state index in [9.17, 15) is 5.11 Å². The Morgan fingerprint density at radius 1 is 0.886 bits per heavy atom. The summed E-state index contributed by atoms with van der Waals surface area (Å²) in [6, 6.07) is 16.7. The van der Waals surface area contributed by atoms with Crippen molar-refractivity contribution in [2.24, 2.45) is 10.2 Å². The van der Waals surface area contributed by atoms with Gasteiger partial charge in [0.25, 0.3) is 0 Å². The Morgan fingerprint density at radius 3 is 2.37 bits per heavy atom. The van der Waals surface area contributed by atoms with Gasteiger partial charge in [0.05, 0.1) is 34.7 Å². The van der Waals surface area contributed by atoms with Gasteiger partial charge < -0.3 is 25.4 Å². The van der Waals surface area contributed by atoms with E-state index in [2.05, 4.69) is 20.0 Å². The van der Waals surface area contributed by atoms with Crippen LogP contribution in [0.4, 0.5) is 17.1 Å². The van der Waals surface area contributed by atoms with Gasteiger partial charge in [0, 0.05) is 36.0 Å². The topological polar surface area (TPSA) is 99.6 Å². The third-order valence-electron chi connectivity index (χ3n) is 5.79. The van der Waals surface area contributed by atoms with Crippen molar-refractivity contribution in [3.8, 4) is 11.5 Å². The number of benzene rings is 3. The van der Waals surface area contributed by atoms with Crippen molar-refractivity contribution < 1.29 is 9.84 Å². The van der Waals surface area contributed by atoms with Crippen molar-refractivity contribution in [1.29, 1.82) is 0 Å². The van der Waals surface area contributed by atoms with Gasteiger partial charge in [0.2, 0.25) is 0 Å². The van der Waals surface area contributed by atoms with Crippen molar-refractivity contribution in [2.45, 2.75) is 13.5 Å². The number of phenolic OH excluding ortho intramolecular Hbond substituents is 1. The number of likely N-dealkylation sites (N-methyl/N-ethyl adjacent to an activating group) is 2. The van der Waals surface area contributed by atoms with Crippen LogP contribution < -0.4 is 10.5 Å². The van der Waals surface area contributed by atoms with E-state index >= 15 is 0 Å². The third-order valence-corrected chi connectivity index (χ3v) is 5.79. The Labute approximate surface area is 205 Å². The lowest BCUT2D eigenvalue weighted by molar-refractivity contribution is 0.273. The Morgan fingerprint density at radius 2 is 1.63 bits per heavy atom. The molecular weight excluding hydrogens is 440 g/mol. The molecule has 0 saturated carbocycles. The van der Waals surface area contributed by atoms with E-state index < -0.39 is 0 Å². The SMILES string of the molecule is CCOc1ccc2nc3cc(N=Nc4ccc(O)c(CN(C)CCN(C)C)c4)ccc3c(N)c2c1. The van der Waals surface area contributed by atoms with Crippen LogP contribution in [0, 0.1) is 0 Å². The summed E-state index contributed by atoms with van der Waals surface area (Å²) in [7, 11) is 6.12. The first-order chi connectivity index (χ1) is 16.8. The summed E-state index contributed by atoms with van der Waals surface area (Å²) >= 11 is 0. The van der Waals surface area contributed by atoms with Crippen molar-refractivity contribution in [1.82, 2.24) is 14.8 Å². The van der Waals surface area contributed by atoms with Gasteiger partial charge >= 0.3 is 0 Å². The normalized spacial score (nSPS) is 11.9. The smallest absolute Gasteiger partial charge is 0.120 e. The molecule has 0 spiro atoms. The summed E-state index contributed by atoms with van der Waals surface area (Å²) in [5.74, 6) is 1.03. The lowest BCUT2D eigenvalue weighted by Gasteiger charge is -2.19. The lowest BCUT2D eigenvalue weighted by atomic mass is 10.1. The Bertz CT molecular complexity index is 1370. The zero-order valence-electron chi connectivity index (χ0n) is 20.7. The van der Waals surface area contributed by atoms with Crippen LogP contribution in [-0.4, -0.2) is 60.7 Å². The number of anilines is 1. The van der Waals surface area contributed by atoms with E-state index in [-0.39, 0.29) is 5.75 Å². The van der Waals surface area contributed by atoms with Gasteiger partial charge in [-0.05, 0) is 82.7 Å². The van der Waals surface area contributed by atoms with Crippen LogP contribution in [0.3, 0.4) is 0 Å². The van der Waals surface area contributed by atoms with E-state index in [1.165, 1.54) is 0 Å². The number of aromatic hydroxyl groups is 1. The van der Waals surface area contributed by atoms with Crippen molar-refractivity contribution in [3.63, 3.8) is 0 Å². The molecule has 35 heavy (non-hydrogen) atoms. The molecule has 1 aromatic heterocycles. The lowest BCUT2D eigenvalue weighted by Crippen LogP contribution is -2.28. The number of hydrogen-bond acceptors (Lipinski definition) is 8. The molecule has 4 rings (SSSR count). The van der Waals surface area contributed by atoms with Gasteiger partial charge in [-0.1, -0.05) is 0 Å². The molecule has 0 bridgehead atoms. The number of ether oxygens (including phenoxy) is 1. The molecule has 4 aromatic rings. The Hall–Kier alpha value is -3.75. The molecule has 0 aliphatic heterocycles. The molecule has 0 radical (unpaired) electrons. The molecule has 0 amide bonds. The molecule has 0 unspecified atom stereocenters. The molecule has 8 heteroatoms. The molecule has 0 saturated heterocycles. The fourth-order valence-corrected chi connectivity index (χ4v) is 3.88. The van der Waals surface area contributed by atoms with Gasteiger partial charge in [-0.25, -0.2) is 4.98 Å². The summed E-state index contributed by atoms with van der Waals surface area (Å²) < 4.78 is 5.60. The Balaban J connectivity index is 1.57. The van der Waals surface area contributed by atoms with Crippen molar-refractivity contribution in [3.05, 3.63) is 60.2 Å². The van der Waals surface area contributed by atoms with E-state index in [0.29, 0.717) is 30.2 Å². The minimum atomic E-state index is 0.255. The highest BCUT2D eigenvalue weighted by molar-refractivity contribution is 6.07. The number of nitrogens with zero attached hydrogens (tertiary/aromatic N) is 5. The second kappa shape index (κ2) is 10.7. The summed E-state index contributed by atoms with van der Waals surface area (Å²) in [6.07, 6.45) is 0. The maximum absolute atomic E-state index is 10.3. The van der Waals surface area contributed by atoms with Crippen LogP contribution in [0.1, 0.15) is 12.5 Å². The van der Waals surface area contributed by atoms with Crippen molar-refractivity contribution in [2.75, 3.05) is 46.6 Å². The predicted octanol–water partition coefficient (Wildman–Crippen LogP) is 5.48. The van der Waals surface area contributed by atoms with E-state index in [4.69, 9.17) is 15.5 Å². The number of pyridine rings is 1. The number of nitrogens with two attached hydrogens (primary N) is 1. The zero-order valence-corrected chi connectivity index (χ0v) is 20.7. The maximum atomic E-state index is 10.3. The second-order valence-electron chi connectivity index (χ2n) is 8.89. The fraction of sp³-hybridized carbons (Fsp3) is 0.296. The van der Waals surface area contributed by atoms with Crippen LogP contribution in [-0.2, 0) is 6.54 Å². The molecule has 1 heterocycles. The zero-order chi connectivity index (χ0) is 24.9. The van der Waals surface area contributed by atoms with E-state index in [1.54, 1.807) is 12.1 Å². The van der Waals surface area contributed by atoms with Crippen molar-refractivity contribution >= 4 is 38.9 Å². The molecule has 0 aliphatic rings. The van der Waals surface area contributed by atoms with Gasteiger partial charge in [0.15, 0.2) is 0 Å². The van der Waals surface area contributed by atoms with Crippen LogP contribution >= 0.6 is 0 Å². The number of azo groups is 1. The molecule has 0 aliphatic carbocycles. The highest BCUT2D eigenvalue weighted by atomic mass is 16.5. The summed E-state index contributed by atoms with van der Waals surface area (Å²) in [5, 5.41) is 20.8. The monoisotopic (exact) mass is 472 g/mol. The standard InChI is InChI=1S/C27H32N6O2/c1-5-35-21-8-10-24-23(16-21)27(28)22-9-6-20(15-25(22)29-24)31-30-19-7-11-26(34)18(14-19)17-33(4)13-12-32(2)3/h6-11,14-16,34H,5,12-13,17H2,1-4H3,(H2,28,29). The largest absolute Gasteiger partial charge is 0.508 e. The number of hydrogen-bond donors (Lipinski definition) is 2. The second-order valence-corrected chi connectivity index (χ2v) is 8.89. The quantitative estimate of drug-likeness (QED) is 0.247. The molecule has 3 N–H and O–H groups in total. The van der Waals surface area contributed by atoms with Crippen LogP contribution in [0.15, 0.2) is 64.8 Å². The number of aromatic nitrogens is 1. The highest BCUT2D eigenvalue weighted by Crippen LogP contribution is 2.33. The average molecular weight is 473 g/mol. The minimum absolute atomic E-state index is 0.255. The van der Waals surface area contributed by atoms with Gasteiger partial charge in [0.1, 0.15) is 11.5 Å². The van der Waals surface area contributed by atoms with E-state index in [1.807, 2.05) is 70.5 Å². The summed E-state index contributed by atoms with van der Waals surface area (Å²) in [6.45, 7) is 5.01. The number of nitrogen functional groups attached to an aromatic ring is 1. The number of rotatable bonds is 9. The fourth-order valence-electron chi connectivity index (χ4n) is 3.88. The van der Waals surface area contributed by atoms with Crippen LogP contribution in [0.25, 0.3) is 21.8 Å². The van der Waals surface area contributed by atoms with Gasteiger partial charge in [-0.15, -0.1) is 0 Å². The summed E-state index contributed by atoms with van der Waals surface area (Å²) in [4.78, 5) is 9.06. The molecular formula is C27H32N6O2. The predicted molar refractivity (Wildman–Crippen MR) is 142 cm³/mol. The first-order valence-corrected chi connectivity index (χ1v) is 11.7. The third kappa shape index (κ3) is 5.85. The van der Waals surface area contributed by atoms with Crippen LogP contribution in [0.2, 0.25) is 0 Å². The van der Waals surface area contributed by atoms with Gasteiger partial charge in [-0.3, -0.25) is 0 Å². The average Bonchev–Trinajstić information content (AvgIpc) is 2.84. The number of fused-ring (bicyclic) bond motifs is 2. The molecule has 0 atom stereocenters. The first kappa shape index (κ1) is 24.4. The minimum Gasteiger partial charge on any atom is -0.508 e. The summed E-state index contributed by atoms with van der Waals surface area (Å²) in [5.41, 5.74) is 10.8. The molecule has 8 nitrogen and oxygen atoms in total. The highest BCUT2D eigenvalue weighted by Gasteiger charge is 2.10.